The molecular weight excluding hydrogens is 1310 g/mol. The summed E-state index contributed by atoms with van der Waals surface area (Å²) >= 11 is 0. The van der Waals surface area contributed by atoms with Crippen molar-refractivity contribution in [3.8, 4) is 57.2 Å². The van der Waals surface area contributed by atoms with Crippen molar-refractivity contribution in [1.29, 1.82) is 5.26 Å². The molecule has 17 aromatic rings. The van der Waals surface area contributed by atoms with Crippen molar-refractivity contribution in [2.24, 2.45) is 0 Å². The topological polar surface area (TPSA) is 89.3 Å². The monoisotopic (exact) mass is 1370 g/mol. The number of aromatic nitrogens is 8. The number of hydrogen-bond acceptors (Lipinski definition) is 5. The number of nitriles is 1. The Bertz CT molecular complexity index is 6070. The first-order valence-corrected chi connectivity index (χ1v) is 29.7. The Morgan fingerprint density at radius 3 is 1.51 bits per heavy atom. The molecule has 11 aromatic carbocycles. The molecule has 6 heterocycles. The number of para-hydroxylation sites is 8. The van der Waals surface area contributed by atoms with Crippen molar-refractivity contribution >= 4 is 93.8 Å². The van der Waals surface area contributed by atoms with E-state index in [1.165, 1.54) is 0 Å². The molecule has 0 amide bonds. The number of imidazole rings is 1. The van der Waals surface area contributed by atoms with Gasteiger partial charge in [0, 0.05) is 54.3 Å². The van der Waals surface area contributed by atoms with Gasteiger partial charge in [-0.05, 0) is 86.8 Å². The average molecular weight is 1370 g/mol. The van der Waals surface area contributed by atoms with Crippen molar-refractivity contribution < 1.29 is 39.3 Å². The maximum absolute atomic E-state index is 12.0. The van der Waals surface area contributed by atoms with Crippen LogP contribution in [0.1, 0.15) is 45.6 Å². The molecule has 0 saturated heterocycles. The van der Waals surface area contributed by atoms with E-state index in [4.69, 9.17) is 23.2 Å². The van der Waals surface area contributed by atoms with Gasteiger partial charge < -0.3 is 14.0 Å². The van der Waals surface area contributed by atoms with Crippen LogP contribution < -0.4 is 9.47 Å². The van der Waals surface area contributed by atoms with Crippen LogP contribution in [0.5, 0.6) is 0 Å². The third-order valence-corrected chi connectivity index (χ3v) is 17.0. The van der Waals surface area contributed by atoms with E-state index >= 15 is 0 Å². The first-order valence-electron chi connectivity index (χ1n) is 34.7. The fourth-order valence-corrected chi connectivity index (χ4v) is 12.9. The maximum atomic E-state index is 12.0. The average Bonchev–Trinajstić information content (AvgIpc) is 1.35. The van der Waals surface area contributed by atoms with E-state index in [1.807, 2.05) is 160 Å². The zero-order valence-corrected chi connectivity index (χ0v) is 51.8. The second-order valence-corrected chi connectivity index (χ2v) is 23.2. The zero-order chi connectivity index (χ0) is 69.6. The molecule has 0 bridgehead atoms. The molecule has 0 saturated carbocycles. The second-order valence-electron chi connectivity index (χ2n) is 23.2. The molecular formula is C81H54N10Pt-2. The van der Waals surface area contributed by atoms with Gasteiger partial charge in [0.2, 0.25) is 5.95 Å². The molecule has 0 aliphatic heterocycles. The SMILES string of the molecule is [2H]c1c([2H])c([2H])c(-c2cccc(-c3c([2H])c([2H])c([2H])c([2H])c3[2H])c2-[n+]2[c-]n(-c3[c-]c(N(c4[c-]c5c(cc4)c4ccccc4n5-c4cc(C(C)(C)C)ccn4)c4nc(-n5c6ccccc6c6ccccc65)c(C#N)c(-n5c6ccccc6c6ccccc65)n4)ccc3)c3ccccc32)c([2H])c1[2H].[Pt]. The van der Waals surface area contributed by atoms with E-state index in [2.05, 4.69) is 98.4 Å². The van der Waals surface area contributed by atoms with Crippen LogP contribution in [0.2, 0.25) is 0 Å². The quantitative estimate of drug-likeness (QED) is 0.101. The fourth-order valence-electron chi connectivity index (χ4n) is 12.9. The van der Waals surface area contributed by atoms with Crippen LogP contribution in [0.4, 0.5) is 17.3 Å². The summed E-state index contributed by atoms with van der Waals surface area (Å²) in [6.07, 6.45) is 5.38. The predicted molar refractivity (Wildman–Crippen MR) is 367 cm³/mol. The van der Waals surface area contributed by atoms with Crippen LogP contribution in [0.15, 0.2) is 273 Å². The zero-order valence-electron chi connectivity index (χ0n) is 59.5. The third kappa shape index (κ3) is 8.95. The molecule has 0 atom stereocenters. The molecule has 10 nitrogen and oxygen atoms in total. The number of pyridine rings is 1. The molecule has 0 aliphatic rings. The van der Waals surface area contributed by atoms with Gasteiger partial charge >= 0.3 is 0 Å². The molecule has 0 radical (unpaired) electrons. The van der Waals surface area contributed by atoms with Crippen molar-refractivity contribution in [3.63, 3.8) is 0 Å². The molecule has 0 fully saturated rings. The van der Waals surface area contributed by atoms with Crippen LogP contribution >= 0.6 is 0 Å². The number of fused-ring (bicyclic) bond motifs is 10. The standard InChI is InChI=1S/C81H54N10.Pt/c1-81(2,3)55-46-47-83-76(48-55)89-68-37-15-10-34-65(68)66-45-44-58(50-75(66)89)88(57-29-22-28-56(49-57)86-52-87(74-43-21-20-42-73(74)86)77-59(53-24-6-4-7-25-53)35-23-36-60(77)54-26-8-5-9-27-54)80-84-78(90-69-38-16-11-30-61(69)62-31-12-17-39-70(62)90)67(51-82)79(85-80)91-71-40-18-13-32-63(71)64-33-14-19-41-72(64)91;/h4-48H,1-3H3;/q-2;/i4D,5D,6D,7D,8D,9D,24D,25D,26D,27D;. The van der Waals surface area contributed by atoms with Crippen LogP contribution in [0.25, 0.3) is 128 Å². The molecule has 0 spiro atoms. The molecule has 0 N–H and O–H groups in total. The molecule has 11 heteroatoms. The number of anilines is 3. The van der Waals surface area contributed by atoms with Crippen LogP contribution in [0, 0.1) is 29.8 Å². The maximum Gasteiger partial charge on any atom is 0.268 e. The number of benzene rings is 11. The van der Waals surface area contributed by atoms with Gasteiger partial charge in [0.05, 0.1) is 52.5 Å². The van der Waals surface area contributed by atoms with E-state index < -0.39 is 60.4 Å². The van der Waals surface area contributed by atoms with Crippen molar-refractivity contribution in [2.75, 3.05) is 4.90 Å². The first kappa shape index (κ1) is 45.7. The molecule has 440 valence electrons. The van der Waals surface area contributed by atoms with Gasteiger partial charge in [-0.2, -0.15) is 39.5 Å². The largest absolute Gasteiger partial charge is 0.328 e. The molecule has 92 heavy (non-hydrogen) atoms. The summed E-state index contributed by atoms with van der Waals surface area (Å²) in [6.45, 7) is 6.51. The molecule has 17 rings (SSSR count). The number of nitrogens with zero attached hydrogens (tertiary/aromatic N) is 10. The number of rotatable bonds is 10. The van der Waals surface area contributed by atoms with Gasteiger partial charge in [-0.25, -0.2) is 4.98 Å². The first-order chi connectivity index (χ1) is 48.9. The summed E-state index contributed by atoms with van der Waals surface area (Å²) in [4.78, 5) is 18.3. The smallest absolute Gasteiger partial charge is 0.268 e. The summed E-state index contributed by atoms with van der Waals surface area (Å²) in [5.74, 6) is 1.40. The predicted octanol–water partition coefficient (Wildman–Crippen LogP) is 18.8. The summed E-state index contributed by atoms with van der Waals surface area (Å²) < 4.78 is 99.4. The normalized spacial score (nSPS) is 13.3. The minimum atomic E-state index is -0.604. The van der Waals surface area contributed by atoms with Crippen LogP contribution in [-0.2, 0) is 26.5 Å². The van der Waals surface area contributed by atoms with Crippen molar-refractivity contribution in [3.05, 3.63) is 302 Å². The van der Waals surface area contributed by atoms with E-state index in [0.717, 1.165) is 65.5 Å². The van der Waals surface area contributed by atoms with E-state index in [9.17, 15) is 10.7 Å². The Kier molecular flexibility index (Phi) is 11.0. The second kappa shape index (κ2) is 22.2. The van der Waals surface area contributed by atoms with Gasteiger partial charge in [0.1, 0.15) is 17.5 Å². The van der Waals surface area contributed by atoms with Gasteiger partial charge in [0.15, 0.2) is 11.6 Å². The summed E-state index contributed by atoms with van der Waals surface area (Å²) in [6, 6.07) is 70.9. The van der Waals surface area contributed by atoms with Gasteiger partial charge in [-0.3, -0.25) is 13.7 Å². The Balaban J connectivity index is 0.00000805. The van der Waals surface area contributed by atoms with Gasteiger partial charge in [-0.1, -0.05) is 232 Å². The van der Waals surface area contributed by atoms with Gasteiger partial charge in [0.25, 0.3) is 6.33 Å². The fraction of sp³-hybridized carbons (Fsp3) is 0.0494. The van der Waals surface area contributed by atoms with Crippen LogP contribution in [0.3, 0.4) is 0 Å². The van der Waals surface area contributed by atoms with E-state index in [0.29, 0.717) is 51.1 Å². The summed E-state index contributed by atoms with van der Waals surface area (Å²) in [5.41, 5.74) is 8.07. The van der Waals surface area contributed by atoms with Crippen molar-refractivity contribution in [1.82, 2.24) is 33.2 Å². The molecule has 6 aromatic heterocycles. The third-order valence-electron chi connectivity index (χ3n) is 17.0. The summed E-state index contributed by atoms with van der Waals surface area (Å²) in [7, 11) is 0. The Morgan fingerprint density at radius 1 is 0.500 bits per heavy atom. The minimum absolute atomic E-state index is 0. The minimum Gasteiger partial charge on any atom is -0.328 e. The van der Waals surface area contributed by atoms with E-state index in [1.54, 1.807) is 27.3 Å². The Hall–Kier alpha value is -11.5. The van der Waals surface area contributed by atoms with Crippen LogP contribution in [-0.4, -0.2) is 33.2 Å². The van der Waals surface area contributed by atoms with Gasteiger partial charge in [-0.15, -0.1) is 23.6 Å². The molecule has 0 unspecified atom stereocenters. The van der Waals surface area contributed by atoms with Crippen molar-refractivity contribution in [2.45, 2.75) is 26.2 Å². The Labute approximate surface area is 559 Å². The summed E-state index contributed by atoms with van der Waals surface area (Å²) in [5, 5.41) is 17.6. The Morgan fingerprint density at radius 2 is 0.978 bits per heavy atom. The van der Waals surface area contributed by atoms with E-state index in [-0.39, 0.29) is 65.9 Å². The number of hydrogen-bond donors (Lipinski definition) is 0. The molecule has 0 aliphatic carbocycles.